The lowest BCUT2D eigenvalue weighted by Gasteiger charge is -2.04. The molecule has 0 aliphatic carbocycles. The Bertz CT molecular complexity index is 163. The summed E-state index contributed by atoms with van der Waals surface area (Å²) in [5, 5.41) is 0. The van der Waals surface area contributed by atoms with Gasteiger partial charge < -0.3 is 12.6 Å². The van der Waals surface area contributed by atoms with E-state index in [1.807, 2.05) is 24.3 Å². The van der Waals surface area contributed by atoms with Crippen molar-refractivity contribution in [2.24, 2.45) is 0 Å². The zero-order valence-corrected chi connectivity index (χ0v) is 5.76. The van der Waals surface area contributed by atoms with Gasteiger partial charge in [0.05, 0.1) is 0 Å². The van der Waals surface area contributed by atoms with E-state index in [9.17, 15) is 0 Å². The first-order valence-electron chi connectivity index (χ1n) is 2.24. The predicted octanol–water partition coefficient (Wildman–Crippen LogP) is 2.15. The zero-order valence-electron chi connectivity index (χ0n) is 4.13. The Morgan fingerprint density at radius 3 is 2.25 bits per heavy atom. The molecule has 1 aromatic carbocycles. The maximum absolute atomic E-state index is 4.85. The fourth-order valence-corrected chi connectivity index (χ4v) is 0.743. The van der Waals surface area contributed by atoms with E-state index in [1.54, 1.807) is 0 Å². The number of hydrogen-bond donors (Lipinski definition) is 0. The van der Waals surface area contributed by atoms with Crippen LogP contribution in [-0.4, -0.2) is 0 Å². The summed E-state index contributed by atoms with van der Waals surface area (Å²) < 4.78 is 0. The van der Waals surface area contributed by atoms with E-state index in [-0.39, 0.29) is 0 Å². The fourth-order valence-electron chi connectivity index (χ4n) is 0.450. The first-order valence-corrected chi connectivity index (χ1v) is 3.05. The molecule has 1 rings (SSSR count). The van der Waals surface area contributed by atoms with Crippen LogP contribution in [-0.2, 0) is 12.6 Å². The average Bonchev–Trinajstić information content (AvgIpc) is 1.77. The van der Waals surface area contributed by atoms with Crippen LogP contribution in [0.3, 0.4) is 0 Å². The topological polar surface area (TPSA) is 0 Å². The van der Waals surface area contributed by atoms with E-state index in [4.69, 9.17) is 25.3 Å². The summed E-state index contributed by atoms with van der Waals surface area (Å²) in [6.07, 6.45) is 0. The van der Waals surface area contributed by atoms with E-state index in [0.29, 0.717) is 0 Å². The van der Waals surface area contributed by atoms with Crippen LogP contribution in [0, 0.1) is 0 Å². The fraction of sp³-hybridized carbons (Fsp3) is 0. The van der Waals surface area contributed by atoms with Gasteiger partial charge in [-0.25, -0.2) is 0 Å². The molecule has 0 aliphatic heterocycles. The highest BCUT2D eigenvalue weighted by atomic mass is 32.1. The molecule has 0 spiro atoms. The minimum Gasteiger partial charge on any atom is -0.778 e. The SMILES string of the molecule is [S]c1ccccc1[S-]. The van der Waals surface area contributed by atoms with Crippen molar-refractivity contribution in [2.45, 2.75) is 9.79 Å². The van der Waals surface area contributed by atoms with E-state index in [2.05, 4.69) is 0 Å². The van der Waals surface area contributed by atoms with Crippen molar-refractivity contribution in [3.8, 4) is 0 Å². The molecule has 2 heteroatoms. The summed E-state index contributed by atoms with van der Waals surface area (Å²) in [7, 11) is 0. The number of benzene rings is 1. The summed E-state index contributed by atoms with van der Waals surface area (Å²) in [4.78, 5) is 1.53. The lowest BCUT2D eigenvalue weighted by Crippen LogP contribution is -1.69. The van der Waals surface area contributed by atoms with Crippen LogP contribution in [0.25, 0.3) is 0 Å². The quantitative estimate of drug-likeness (QED) is 0.497. The van der Waals surface area contributed by atoms with Gasteiger partial charge in [-0.3, -0.25) is 0 Å². The summed E-state index contributed by atoms with van der Waals surface area (Å²) >= 11 is 9.70. The first kappa shape index (κ1) is 5.79. The smallest absolute Gasteiger partial charge is 0.0185 e. The van der Waals surface area contributed by atoms with Gasteiger partial charge in [-0.15, -0.1) is 0 Å². The summed E-state index contributed by atoms with van der Waals surface area (Å²) in [6, 6.07) is 7.44. The van der Waals surface area contributed by atoms with Crippen molar-refractivity contribution in [2.75, 3.05) is 0 Å². The lowest BCUT2D eigenvalue weighted by molar-refractivity contribution is 1.27. The number of hydrogen-bond acceptors (Lipinski definition) is 1. The predicted molar refractivity (Wildman–Crippen MR) is 37.9 cm³/mol. The van der Waals surface area contributed by atoms with Gasteiger partial charge in [0.15, 0.2) is 0 Å². The van der Waals surface area contributed by atoms with Gasteiger partial charge in [0.25, 0.3) is 0 Å². The molecule has 0 N–H and O–H groups in total. The van der Waals surface area contributed by atoms with Crippen molar-refractivity contribution < 1.29 is 0 Å². The highest BCUT2D eigenvalue weighted by molar-refractivity contribution is 7.80. The van der Waals surface area contributed by atoms with Crippen LogP contribution >= 0.6 is 12.6 Å². The highest BCUT2D eigenvalue weighted by Gasteiger charge is 1.79. The first-order chi connectivity index (χ1) is 3.80. The van der Waals surface area contributed by atoms with Crippen molar-refractivity contribution in [1.29, 1.82) is 0 Å². The zero-order chi connectivity index (χ0) is 5.98. The molecule has 0 amide bonds. The number of rotatable bonds is 0. The molecule has 1 radical (unpaired) electrons. The van der Waals surface area contributed by atoms with Gasteiger partial charge in [-0.2, -0.15) is 4.90 Å². The minimum atomic E-state index is 0.766. The molecule has 0 saturated heterocycles. The monoisotopic (exact) mass is 140 g/mol. The molecular formula is C6H4S2-. The van der Waals surface area contributed by atoms with Crippen molar-refractivity contribution in [1.82, 2.24) is 0 Å². The van der Waals surface area contributed by atoms with Gasteiger partial charge >= 0.3 is 0 Å². The van der Waals surface area contributed by atoms with Gasteiger partial charge in [0.2, 0.25) is 0 Å². The van der Waals surface area contributed by atoms with Gasteiger partial charge in [-0.1, -0.05) is 30.8 Å². The van der Waals surface area contributed by atoms with E-state index >= 15 is 0 Å². The molecule has 0 aromatic heterocycles. The summed E-state index contributed by atoms with van der Waals surface area (Å²) in [5.74, 6) is 0. The van der Waals surface area contributed by atoms with E-state index in [0.717, 1.165) is 9.79 Å². The van der Waals surface area contributed by atoms with Crippen LogP contribution in [0.5, 0.6) is 0 Å². The summed E-state index contributed by atoms with van der Waals surface area (Å²) in [5.41, 5.74) is 0. The van der Waals surface area contributed by atoms with Crippen molar-refractivity contribution in [3.63, 3.8) is 0 Å². The molecule has 0 unspecified atom stereocenters. The Balaban J connectivity index is 3.13. The van der Waals surface area contributed by atoms with Gasteiger partial charge in [0, 0.05) is 4.90 Å². The van der Waals surface area contributed by atoms with Crippen LogP contribution in [0.4, 0.5) is 0 Å². The standard InChI is InChI=1S/C6H5S2/c7-5-3-1-2-4-6(5)8/h1-4,7H/p-1. The largest absolute Gasteiger partial charge is 0.778 e. The molecule has 0 saturated carbocycles. The molecule has 0 atom stereocenters. The third kappa shape index (κ3) is 1.08. The lowest BCUT2D eigenvalue weighted by atomic mass is 10.4. The molecule has 0 bridgehead atoms. The molecule has 0 aliphatic rings. The molecule has 41 valence electrons. The molecular weight excluding hydrogens is 136 g/mol. The Morgan fingerprint density at radius 2 is 1.88 bits per heavy atom. The molecule has 8 heavy (non-hydrogen) atoms. The van der Waals surface area contributed by atoms with Gasteiger partial charge in [-0.05, 0) is 6.07 Å². The second kappa shape index (κ2) is 2.29. The molecule has 0 fully saturated rings. The maximum atomic E-state index is 4.85. The Hall–Kier alpha value is -0.340. The van der Waals surface area contributed by atoms with Crippen molar-refractivity contribution >= 4 is 25.3 Å². The molecule has 0 nitrogen and oxygen atoms in total. The summed E-state index contributed by atoms with van der Waals surface area (Å²) in [6.45, 7) is 0. The van der Waals surface area contributed by atoms with E-state index < -0.39 is 0 Å². The van der Waals surface area contributed by atoms with Crippen molar-refractivity contribution in [3.05, 3.63) is 24.3 Å². The molecule has 0 heterocycles. The van der Waals surface area contributed by atoms with Crippen LogP contribution < -0.4 is 0 Å². The normalized spacial score (nSPS) is 9.00. The second-order valence-electron chi connectivity index (χ2n) is 1.45. The minimum absolute atomic E-state index is 0.766. The van der Waals surface area contributed by atoms with Gasteiger partial charge in [0.1, 0.15) is 0 Å². The van der Waals surface area contributed by atoms with Crippen LogP contribution in [0.2, 0.25) is 0 Å². The van der Waals surface area contributed by atoms with E-state index in [1.165, 1.54) is 0 Å². The molecule has 1 aromatic rings. The maximum Gasteiger partial charge on any atom is 0.0185 e. The Morgan fingerprint density at radius 1 is 1.25 bits per heavy atom. The van der Waals surface area contributed by atoms with Crippen LogP contribution in [0.1, 0.15) is 0 Å². The second-order valence-corrected chi connectivity index (χ2v) is 2.33. The third-order valence-electron chi connectivity index (χ3n) is 0.849. The average molecular weight is 140 g/mol. The third-order valence-corrected chi connectivity index (χ3v) is 1.69. The Labute approximate surface area is 59.7 Å². The highest BCUT2D eigenvalue weighted by Crippen LogP contribution is 2.10. The van der Waals surface area contributed by atoms with Crippen LogP contribution in [0.15, 0.2) is 34.1 Å². The Kier molecular flexibility index (Phi) is 1.65.